The third kappa shape index (κ3) is 2.88. The number of carbonyl (C=O) groups is 2. The molecule has 1 amide bonds. The fourth-order valence-corrected chi connectivity index (χ4v) is 2.22. The van der Waals surface area contributed by atoms with Crippen molar-refractivity contribution in [3.05, 3.63) is 17.7 Å². The summed E-state index contributed by atoms with van der Waals surface area (Å²) < 4.78 is 0. The van der Waals surface area contributed by atoms with Gasteiger partial charge in [0.15, 0.2) is 0 Å². The molecule has 1 atom stereocenters. The lowest BCUT2D eigenvalue weighted by Crippen LogP contribution is -2.28. The van der Waals surface area contributed by atoms with Gasteiger partial charge in [-0.05, 0) is 13.3 Å². The number of aliphatic carboxylic acids is 1. The molecule has 2 rings (SSSR count). The van der Waals surface area contributed by atoms with Crippen molar-refractivity contribution in [3.8, 4) is 0 Å². The summed E-state index contributed by atoms with van der Waals surface area (Å²) in [6.07, 6.45) is 2.65. The van der Waals surface area contributed by atoms with E-state index in [-0.39, 0.29) is 24.7 Å². The number of amides is 1. The molecule has 1 aliphatic heterocycles. The van der Waals surface area contributed by atoms with Gasteiger partial charge in [-0.3, -0.25) is 9.59 Å². The number of aromatic amines is 1. The zero-order chi connectivity index (χ0) is 13.1. The van der Waals surface area contributed by atoms with Crippen LogP contribution in [0.5, 0.6) is 0 Å². The van der Waals surface area contributed by atoms with Crippen LogP contribution in [-0.4, -0.2) is 44.9 Å². The van der Waals surface area contributed by atoms with E-state index in [1.165, 1.54) is 0 Å². The normalized spacial score (nSPS) is 19.2. The number of imidazole rings is 1. The van der Waals surface area contributed by atoms with E-state index in [9.17, 15) is 9.59 Å². The van der Waals surface area contributed by atoms with Gasteiger partial charge in [0.25, 0.3) is 0 Å². The van der Waals surface area contributed by atoms with Gasteiger partial charge < -0.3 is 15.0 Å². The zero-order valence-corrected chi connectivity index (χ0v) is 10.3. The van der Waals surface area contributed by atoms with Gasteiger partial charge in [0, 0.05) is 37.3 Å². The minimum atomic E-state index is -0.930. The first-order chi connectivity index (χ1) is 8.56. The molecule has 0 radical (unpaired) electrons. The van der Waals surface area contributed by atoms with Crippen LogP contribution in [0.15, 0.2) is 6.20 Å². The molecule has 0 aliphatic carbocycles. The number of hydrogen-bond donors (Lipinski definition) is 2. The fraction of sp³-hybridized carbons (Fsp3) is 0.583. The second-order valence-electron chi connectivity index (χ2n) is 4.67. The van der Waals surface area contributed by atoms with Crippen LogP contribution in [0, 0.1) is 6.92 Å². The quantitative estimate of drug-likeness (QED) is 0.832. The van der Waals surface area contributed by atoms with Crippen LogP contribution in [0.2, 0.25) is 0 Å². The SMILES string of the molecule is Cc1cnc(C2CCN(C(=O)CCC(=O)O)C2)[nH]1. The minimum Gasteiger partial charge on any atom is -0.481 e. The van der Waals surface area contributed by atoms with Gasteiger partial charge in [-0.1, -0.05) is 0 Å². The van der Waals surface area contributed by atoms with E-state index < -0.39 is 5.97 Å². The number of carbonyl (C=O) groups excluding carboxylic acids is 1. The first-order valence-electron chi connectivity index (χ1n) is 6.07. The van der Waals surface area contributed by atoms with E-state index in [1.54, 1.807) is 11.1 Å². The molecule has 1 aromatic rings. The highest BCUT2D eigenvalue weighted by Crippen LogP contribution is 2.25. The molecule has 1 aromatic heterocycles. The van der Waals surface area contributed by atoms with E-state index in [0.717, 1.165) is 17.9 Å². The molecule has 6 heteroatoms. The second-order valence-corrected chi connectivity index (χ2v) is 4.67. The Balaban J connectivity index is 1.88. The zero-order valence-electron chi connectivity index (χ0n) is 10.3. The predicted molar refractivity (Wildman–Crippen MR) is 64.1 cm³/mol. The van der Waals surface area contributed by atoms with Crippen molar-refractivity contribution in [2.24, 2.45) is 0 Å². The van der Waals surface area contributed by atoms with Gasteiger partial charge in [-0.2, -0.15) is 0 Å². The molecule has 98 valence electrons. The van der Waals surface area contributed by atoms with Crippen LogP contribution in [0.25, 0.3) is 0 Å². The van der Waals surface area contributed by atoms with E-state index in [4.69, 9.17) is 5.11 Å². The Bertz CT molecular complexity index is 455. The van der Waals surface area contributed by atoms with Gasteiger partial charge in [-0.25, -0.2) is 4.98 Å². The number of H-pyrrole nitrogens is 1. The van der Waals surface area contributed by atoms with Crippen LogP contribution in [0.3, 0.4) is 0 Å². The lowest BCUT2D eigenvalue weighted by atomic mass is 10.1. The van der Waals surface area contributed by atoms with Crippen LogP contribution >= 0.6 is 0 Å². The highest BCUT2D eigenvalue weighted by molar-refractivity contribution is 5.81. The number of aromatic nitrogens is 2. The van der Waals surface area contributed by atoms with Crippen molar-refractivity contribution in [1.82, 2.24) is 14.9 Å². The summed E-state index contributed by atoms with van der Waals surface area (Å²) in [6.45, 7) is 3.26. The Labute approximate surface area is 105 Å². The molecule has 6 nitrogen and oxygen atoms in total. The van der Waals surface area contributed by atoms with Crippen LogP contribution < -0.4 is 0 Å². The number of nitrogens with one attached hydrogen (secondary N) is 1. The topological polar surface area (TPSA) is 86.3 Å². The lowest BCUT2D eigenvalue weighted by molar-refractivity contribution is -0.140. The highest BCUT2D eigenvalue weighted by atomic mass is 16.4. The summed E-state index contributed by atoms with van der Waals surface area (Å²) >= 11 is 0. The predicted octanol–water partition coefficient (Wildman–Crippen LogP) is 0.899. The molecule has 1 saturated heterocycles. The Hall–Kier alpha value is -1.85. The maximum atomic E-state index is 11.8. The Morgan fingerprint density at radius 3 is 2.94 bits per heavy atom. The molecule has 1 fully saturated rings. The smallest absolute Gasteiger partial charge is 0.303 e. The lowest BCUT2D eigenvalue weighted by Gasteiger charge is -2.15. The van der Waals surface area contributed by atoms with Crippen molar-refractivity contribution >= 4 is 11.9 Å². The third-order valence-corrected chi connectivity index (χ3v) is 3.20. The third-order valence-electron chi connectivity index (χ3n) is 3.20. The number of likely N-dealkylation sites (tertiary alicyclic amines) is 1. The fourth-order valence-electron chi connectivity index (χ4n) is 2.22. The number of nitrogens with zero attached hydrogens (tertiary/aromatic N) is 2. The number of aryl methyl sites for hydroxylation is 1. The minimum absolute atomic E-state index is 0.0804. The molecule has 18 heavy (non-hydrogen) atoms. The summed E-state index contributed by atoms with van der Waals surface area (Å²) in [7, 11) is 0. The number of hydrogen-bond acceptors (Lipinski definition) is 3. The summed E-state index contributed by atoms with van der Waals surface area (Å²) in [5.41, 5.74) is 1.01. The van der Waals surface area contributed by atoms with Crippen LogP contribution in [0.1, 0.15) is 36.7 Å². The molecular formula is C12H17N3O3. The van der Waals surface area contributed by atoms with Crippen molar-refractivity contribution in [3.63, 3.8) is 0 Å². The van der Waals surface area contributed by atoms with Crippen molar-refractivity contribution < 1.29 is 14.7 Å². The number of carboxylic acid groups (broad SMARTS) is 1. The molecular weight excluding hydrogens is 234 g/mol. The molecule has 0 bridgehead atoms. The summed E-state index contributed by atoms with van der Waals surface area (Å²) in [6, 6.07) is 0. The average molecular weight is 251 g/mol. The molecule has 0 saturated carbocycles. The van der Waals surface area contributed by atoms with Crippen molar-refractivity contribution in [1.29, 1.82) is 0 Å². The molecule has 0 aromatic carbocycles. The Morgan fingerprint density at radius 2 is 2.33 bits per heavy atom. The van der Waals surface area contributed by atoms with Crippen molar-refractivity contribution in [2.75, 3.05) is 13.1 Å². The van der Waals surface area contributed by atoms with Gasteiger partial charge in [0.05, 0.1) is 6.42 Å². The Kier molecular flexibility index (Phi) is 3.64. The molecule has 2 heterocycles. The largest absolute Gasteiger partial charge is 0.481 e. The van der Waals surface area contributed by atoms with Crippen LogP contribution in [-0.2, 0) is 9.59 Å². The highest BCUT2D eigenvalue weighted by Gasteiger charge is 2.28. The standard InChI is InChI=1S/C12H17N3O3/c1-8-6-13-12(14-8)9-4-5-15(7-9)10(16)2-3-11(17)18/h6,9H,2-5,7H2,1H3,(H,13,14)(H,17,18). The monoisotopic (exact) mass is 251 g/mol. The van der Waals surface area contributed by atoms with E-state index in [1.807, 2.05) is 6.92 Å². The van der Waals surface area contributed by atoms with E-state index >= 15 is 0 Å². The summed E-state index contributed by atoms with van der Waals surface area (Å²) in [5, 5.41) is 8.55. The second kappa shape index (κ2) is 5.20. The van der Waals surface area contributed by atoms with Crippen LogP contribution in [0.4, 0.5) is 0 Å². The molecule has 1 unspecified atom stereocenters. The summed E-state index contributed by atoms with van der Waals surface area (Å²) in [4.78, 5) is 31.4. The first-order valence-corrected chi connectivity index (χ1v) is 6.07. The van der Waals surface area contributed by atoms with E-state index in [0.29, 0.717) is 13.1 Å². The number of carboxylic acids is 1. The van der Waals surface area contributed by atoms with Gasteiger partial charge >= 0.3 is 5.97 Å². The first kappa shape index (κ1) is 12.6. The maximum absolute atomic E-state index is 11.8. The van der Waals surface area contributed by atoms with Crippen molar-refractivity contribution in [2.45, 2.75) is 32.1 Å². The van der Waals surface area contributed by atoms with Gasteiger partial charge in [0.2, 0.25) is 5.91 Å². The van der Waals surface area contributed by atoms with Gasteiger partial charge in [0.1, 0.15) is 5.82 Å². The van der Waals surface area contributed by atoms with Gasteiger partial charge in [-0.15, -0.1) is 0 Å². The Morgan fingerprint density at radius 1 is 1.56 bits per heavy atom. The average Bonchev–Trinajstić information content (AvgIpc) is 2.93. The molecule has 0 spiro atoms. The summed E-state index contributed by atoms with van der Waals surface area (Å²) in [5.74, 6) is 0.150. The number of rotatable bonds is 4. The molecule has 2 N–H and O–H groups in total. The van der Waals surface area contributed by atoms with E-state index in [2.05, 4.69) is 9.97 Å². The molecule has 1 aliphatic rings. The maximum Gasteiger partial charge on any atom is 0.303 e.